The van der Waals surface area contributed by atoms with E-state index in [1.165, 1.54) is 0 Å². The van der Waals surface area contributed by atoms with Gasteiger partial charge >= 0.3 is 5.97 Å². The summed E-state index contributed by atoms with van der Waals surface area (Å²) in [5, 5.41) is 0. The summed E-state index contributed by atoms with van der Waals surface area (Å²) in [6, 6.07) is 1.72. The molecule has 6 nitrogen and oxygen atoms in total. The third-order valence-corrected chi connectivity index (χ3v) is 4.15. The largest absolute Gasteiger partial charge is 0.496 e. The molecule has 0 aromatic heterocycles. The van der Waals surface area contributed by atoms with Gasteiger partial charge in [0.15, 0.2) is 0 Å². The number of benzene rings is 1. The van der Waals surface area contributed by atoms with Crippen molar-refractivity contribution in [3.05, 3.63) is 22.8 Å². The highest BCUT2D eigenvalue weighted by atomic mass is 16.7. The molecule has 1 aromatic rings. The van der Waals surface area contributed by atoms with Gasteiger partial charge in [0.25, 0.3) is 0 Å². The second-order valence-corrected chi connectivity index (χ2v) is 5.96. The van der Waals surface area contributed by atoms with Gasteiger partial charge < -0.3 is 23.7 Å². The zero-order valence-corrected chi connectivity index (χ0v) is 13.2. The fourth-order valence-electron chi connectivity index (χ4n) is 2.93. The normalized spacial score (nSPS) is 21.6. The van der Waals surface area contributed by atoms with Gasteiger partial charge in [0, 0.05) is 24.7 Å². The molecule has 0 amide bonds. The molecule has 22 heavy (non-hydrogen) atoms. The monoisotopic (exact) mass is 308 g/mol. The van der Waals surface area contributed by atoms with Crippen molar-refractivity contribution >= 4 is 5.97 Å². The van der Waals surface area contributed by atoms with Crippen LogP contribution < -0.4 is 9.47 Å². The summed E-state index contributed by atoms with van der Waals surface area (Å²) in [7, 11) is 3.16. The third kappa shape index (κ3) is 2.32. The molecular weight excluding hydrogens is 288 g/mol. The van der Waals surface area contributed by atoms with Gasteiger partial charge in [0.1, 0.15) is 36.6 Å². The molecule has 0 fully saturated rings. The van der Waals surface area contributed by atoms with Crippen LogP contribution in [0.2, 0.25) is 0 Å². The zero-order valence-electron chi connectivity index (χ0n) is 13.2. The molecule has 0 N–H and O–H groups in total. The van der Waals surface area contributed by atoms with Crippen LogP contribution in [-0.2, 0) is 27.2 Å². The van der Waals surface area contributed by atoms with Crippen molar-refractivity contribution in [1.29, 1.82) is 0 Å². The van der Waals surface area contributed by atoms with Crippen molar-refractivity contribution in [2.24, 2.45) is 0 Å². The molecule has 2 heterocycles. The smallest absolute Gasteiger partial charge is 0.339 e. The molecular formula is C16H20O6. The Morgan fingerprint density at radius 2 is 2.09 bits per heavy atom. The van der Waals surface area contributed by atoms with Gasteiger partial charge in [-0.1, -0.05) is 0 Å². The van der Waals surface area contributed by atoms with Crippen molar-refractivity contribution < 1.29 is 28.5 Å². The minimum Gasteiger partial charge on any atom is -0.496 e. The van der Waals surface area contributed by atoms with E-state index >= 15 is 0 Å². The Balaban J connectivity index is 2.06. The van der Waals surface area contributed by atoms with Crippen LogP contribution in [0, 0.1) is 0 Å². The number of hydrogen-bond acceptors (Lipinski definition) is 6. The van der Waals surface area contributed by atoms with Gasteiger partial charge in [-0.15, -0.1) is 0 Å². The molecule has 1 aromatic carbocycles. The van der Waals surface area contributed by atoms with Crippen LogP contribution in [-0.4, -0.2) is 38.7 Å². The van der Waals surface area contributed by atoms with Gasteiger partial charge in [0.2, 0.25) is 0 Å². The Kier molecular flexibility index (Phi) is 3.74. The van der Waals surface area contributed by atoms with Gasteiger partial charge in [-0.2, -0.15) is 0 Å². The number of fused-ring (bicyclic) bond motifs is 3. The summed E-state index contributed by atoms with van der Waals surface area (Å²) < 4.78 is 27.5. The maximum atomic E-state index is 11.8. The summed E-state index contributed by atoms with van der Waals surface area (Å²) in [4.78, 5) is 11.8. The highest BCUT2D eigenvalue weighted by Crippen LogP contribution is 2.45. The average molecular weight is 308 g/mol. The van der Waals surface area contributed by atoms with E-state index in [2.05, 4.69) is 0 Å². The Morgan fingerprint density at radius 3 is 2.77 bits per heavy atom. The number of methoxy groups -OCH3 is 2. The molecule has 6 heteroatoms. The molecule has 1 atom stereocenters. The minimum absolute atomic E-state index is 0.176. The summed E-state index contributed by atoms with van der Waals surface area (Å²) in [5.74, 6) is 0.965. The van der Waals surface area contributed by atoms with E-state index in [-0.39, 0.29) is 25.5 Å². The second kappa shape index (κ2) is 5.44. The molecule has 0 spiro atoms. The van der Waals surface area contributed by atoms with Gasteiger partial charge in [-0.25, -0.2) is 4.79 Å². The van der Waals surface area contributed by atoms with Crippen molar-refractivity contribution in [3.63, 3.8) is 0 Å². The Bertz CT molecular complexity index is 607. The SMILES string of the molecule is COCOC1Cc2c(OC)cc3c(c2OC1(C)C)COC3=O. The van der Waals surface area contributed by atoms with Crippen LogP contribution in [0.25, 0.3) is 0 Å². The van der Waals surface area contributed by atoms with E-state index in [9.17, 15) is 4.79 Å². The van der Waals surface area contributed by atoms with Gasteiger partial charge in [0.05, 0.1) is 12.7 Å². The lowest BCUT2D eigenvalue weighted by Gasteiger charge is -2.40. The highest BCUT2D eigenvalue weighted by molar-refractivity contribution is 5.95. The van der Waals surface area contributed by atoms with Crippen LogP contribution in [0.15, 0.2) is 6.07 Å². The lowest BCUT2D eigenvalue weighted by Crippen LogP contribution is -2.48. The number of rotatable bonds is 4. The maximum absolute atomic E-state index is 11.8. The topological polar surface area (TPSA) is 63.2 Å². The van der Waals surface area contributed by atoms with Crippen molar-refractivity contribution in [1.82, 2.24) is 0 Å². The van der Waals surface area contributed by atoms with Crippen LogP contribution >= 0.6 is 0 Å². The second-order valence-electron chi connectivity index (χ2n) is 5.96. The molecule has 0 saturated heterocycles. The van der Waals surface area contributed by atoms with E-state index in [0.717, 1.165) is 11.1 Å². The molecule has 2 aliphatic heterocycles. The van der Waals surface area contributed by atoms with Crippen molar-refractivity contribution in [2.45, 2.75) is 38.6 Å². The lowest BCUT2D eigenvalue weighted by atomic mass is 9.88. The first-order chi connectivity index (χ1) is 10.5. The molecule has 120 valence electrons. The molecule has 3 rings (SSSR count). The molecule has 2 aliphatic rings. The number of hydrogen-bond donors (Lipinski definition) is 0. The minimum atomic E-state index is -0.544. The fourth-order valence-corrected chi connectivity index (χ4v) is 2.93. The molecule has 0 aliphatic carbocycles. The van der Waals surface area contributed by atoms with E-state index < -0.39 is 5.60 Å². The van der Waals surface area contributed by atoms with E-state index in [1.54, 1.807) is 20.3 Å². The van der Waals surface area contributed by atoms with Gasteiger partial charge in [-0.3, -0.25) is 0 Å². The number of carbonyl (C=O) groups is 1. The van der Waals surface area contributed by atoms with Crippen LogP contribution in [0.5, 0.6) is 11.5 Å². The van der Waals surface area contributed by atoms with Gasteiger partial charge in [-0.05, 0) is 19.9 Å². The Morgan fingerprint density at radius 1 is 1.32 bits per heavy atom. The lowest BCUT2D eigenvalue weighted by molar-refractivity contribution is -0.140. The van der Waals surface area contributed by atoms with Crippen molar-refractivity contribution in [3.8, 4) is 11.5 Å². The maximum Gasteiger partial charge on any atom is 0.339 e. The summed E-state index contributed by atoms with van der Waals surface area (Å²) >= 11 is 0. The Labute approximate surface area is 129 Å². The fraction of sp³-hybridized carbons (Fsp3) is 0.562. The number of carbonyl (C=O) groups excluding carboxylic acids is 1. The number of cyclic esters (lactones) is 1. The summed E-state index contributed by atoms with van der Waals surface area (Å²) in [6.45, 7) is 4.35. The Hall–Kier alpha value is -1.79. The summed E-state index contributed by atoms with van der Waals surface area (Å²) in [6.07, 6.45) is 0.445. The van der Waals surface area contributed by atoms with Crippen LogP contribution in [0.4, 0.5) is 0 Å². The molecule has 0 radical (unpaired) electrons. The third-order valence-electron chi connectivity index (χ3n) is 4.15. The van der Waals surface area contributed by atoms with Crippen LogP contribution in [0.3, 0.4) is 0 Å². The molecule has 1 unspecified atom stereocenters. The first-order valence-electron chi connectivity index (χ1n) is 7.17. The summed E-state index contributed by atoms with van der Waals surface area (Å²) in [5.41, 5.74) is 1.67. The molecule has 0 bridgehead atoms. The zero-order chi connectivity index (χ0) is 15.9. The highest BCUT2D eigenvalue weighted by Gasteiger charge is 2.42. The van der Waals surface area contributed by atoms with Crippen molar-refractivity contribution in [2.75, 3.05) is 21.0 Å². The van der Waals surface area contributed by atoms with E-state index in [1.807, 2.05) is 13.8 Å². The number of ether oxygens (including phenoxy) is 5. The predicted molar refractivity (Wildman–Crippen MR) is 77.3 cm³/mol. The average Bonchev–Trinajstić information content (AvgIpc) is 2.85. The van der Waals surface area contributed by atoms with E-state index in [0.29, 0.717) is 23.5 Å². The molecule has 0 saturated carbocycles. The first kappa shape index (κ1) is 15.1. The standard InChI is InChI=1S/C16H20O6/c1-16(2)13(21-8-18-3)6-10-12(19-4)5-9-11(14(10)22-16)7-20-15(9)17/h5,13H,6-8H2,1-4H3. The first-order valence-corrected chi connectivity index (χ1v) is 7.17. The van der Waals surface area contributed by atoms with Crippen LogP contribution in [0.1, 0.15) is 35.3 Å². The number of esters is 1. The predicted octanol–water partition coefficient (Wildman–Crippen LogP) is 2.07. The van der Waals surface area contributed by atoms with E-state index in [4.69, 9.17) is 23.7 Å². The quantitative estimate of drug-likeness (QED) is 0.627.